The predicted molar refractivity (Wildman–Crippen MR) is 90.9 cm³/mol. The standard InChI is InChI=1S/C18H28N2O3/c1-12-11-16(21)23-15(4)17(12)18(22)19-9-6-10-20-13(2)7-5-8-14(20)3/h11,13-14H,5-10H2,1-4H3,(H,19,22)/t13-,14+. The summed E-state index contributed by atoms with van der Waals surface area (Å²) in [6.07, 6.45) is 4.76. The molecule has 2 rings (SSSR count). The van der Waals surface area contributed by atoms with Crippen LogP contribution in [0.25, 0.3) is 0 Å². The third kappa shape index (κ3) is 4.44. The average molecular weight is 320 g/mol. The molecule has 128 valence electrons. The lowest BCUT2D eigenvalue weighted by Crippen LogP contribution is -2.44. The Morgan fingerprint density at radius 3 is 2.57 bits per heavy atom. The number of carbonyl (C=O) groups excluding carboxylic acids is 1. The third-order valence-corrected chi connectivity index (χ3v) is 4.82. The van der Waals surface area contributed by atoms with Gasteiger partial charge < -0.3 is 9.73 Å². The van der Waals surface area contributed by atoms with Crippen LogP contribution in [-0.4, -0.2) is 36.0 Å². The minimum atomic E-state index is -0.412. The van der Waals surface area contributed by atoms with Gasteiger partial charge in [0, 0.05) is 31.2 Å². The number of piperidine rings is 1. The Morgan fingerprint density at radius 2 is 1.96 bits per heavy atom. The van der Waals surface area contributed by atoms with Crippen molar-refractivity contribution in [2.45, 2.75) is 65.5 Å². The molecule has 1 aliphatic rings. The second kappa shape index (κ2) is 7.77. The summed E-state index contributed by atoms with van der Waals surface area (Å²) in [6, 6.07) is 2.61. The highest BCUT2D eigenvalue weighted by Crippen LogP contribution is 2.22. The zero-order chi connectivity index (χ0) is 17.0. The van der Waals surface area contributed by atoms with Gasteiger partial charge in [-0.05, 0) is 52.5 Å². The maximum Gasteiger partial charge on any atom is 0.336 e. The number of nitrogens with zero attached hydrogens (tertiary/aromatic N) is 1. The molecule has 1 aromatic rings. The summed E-state index contributed by atoms with van der Waals surface area (Å²) in [5.41, 5.74) is 0.725. The van der Waals surface area contributed by atoms with E-state index in [-0.39, 0.29) is 5.91 Å². The first kappa shape index (κ1) is 17.7. The lowest BCUT2D eigenvalue weighted by atomic mass is 9.97. The van der Waals surface area contributed by atoms with E-state index in [2.05, 4.69) is 24.1 Å². The van der Waals surface area contributed by atoms with E-state index in [1.165, 1.54) is 25.3 Å². The first-order chi connectivity index (χ1) is 10.9. The largest absolute Gasteiger partial charge is 0.427 e. The van der Waals surface area contributed by atoms with E-state index < -0.39 is 5.63 Å². The van der Waals surface area contributed by atoms with E-state index in [0.717, 1.165) is 13.0 Å². The topological polar surface area (TPSA) is 62.6 Å². The first-order valence-electron chi connectivity index (χ1n) is 8.55. The van der Waals surface area contributed by atoms with Crippen LogP contribution in [0.2, 0.25) is 0 Å². The van der Waals surface area contributed by atoms with E-state index in [1.807, 2.05) is 0 Å². The van der Waals surface area contributed by atoms with Crippen molar-refractivity contribution < 1.29 is 9.21 Å². The number of hydrogen-bond donors (Lipinski definition) is 1. The SMILES string of the molecule is Cc1cc(=O)oc(C)c1C(=O)NCCCN1[C@H](C)CCC[C@@H]1C. The molecule has 5 nitrogen and oxygen atoms in total. The fourth-order valence-corrected chi connectivity index (χ4v) is 3.56. The van der Waals surface area contributed by atoms with Crippen LogP contribution in [0.3, 0.4) is 0 Å². The molecule has 1 aromatic heterocycles. The Balaban J connectivity index is 1.85. The first-order valence-corrected chi connectivity index (χ1v) is 8.55. The Bertz CT molecular complexity index is 573. The Morgan fingerprint density at radius 1 is 1.30 bits per heavy atom. The molecule has 2 heterocycles. The quantitative estimate of drug-likeness (QED) is 0.847. The molecule has 1 N–H and O–H groups in total. The monoisotopic (exact) mass is 320 g/mol. The summed E-state index contributed by atoms with van der Waals surface area (Å²) < 4.78 is 5.02. The fourth-order valence-electron chi connectivity index (χ4n) is 3.56. The molecule has 0 aliphatic carbocycles. The maximum atomic E-state index is 12.3. The zero-order valence-corrected chi connectivity index (χ0v) is 14.6. The predicted octanol–water partition coefficient (Wildman–Crippen LogP) is 2.64. The summed E-state index contributed by atoms with van der Waals surface area (Å²) in [6.45, 7) is 9.62. The van der Waals surface area contributed by atoms with Gasteiger partial charge in [0.25, 0.3) is 5.91 Å². The number of carbonyl (C=O) groups is 1. The van der Waals surface area contributed by atoms with Gasteiger partial charge in [0.1, 0.15) is 5.76 Å². The minimum absolute atomic E-state index is 0.163. The van der Waals surface area contributed by atoms with Crippen LogP contribution >= 0.6 is 0 Å². The van der Waals surface area contributed by atoms with Crippen molar-refractivity contribution >= 4 is 5.91 Å². The van der Waals surface area contributed by atoms with Crippen LogP contribution in [-0.2, 0) is 0 Å². The van der Waals surface area contributed by atoms with Crippen LogP contribution in [0, 0.1) is 13.8 Å². The van der Waals surface area contributed by atoms with E-state index in [0.29, 0.717) is 35.5 Å². The number of amides is 1. The third-order valence-electron chi connectivity index (χ3n) is 4.82. The van der Waals surface area contributed by atoms with Gasteiger partial charge >= 0.3 is 5.63 Å². The Hall–Kier alpha value is -1.62. The molecule has 0 unspecified atom stereocenters. The smallest absolute Gasteiger partial charge is 0.336 e. The molecule has 0 bridgehead atoms. The average Bonchev–Trinajstić information content (AvgIpc) is 2.44. The normalized spacial score (nSPS) is 22.1. The van der Waals surface area contributed by atoms with E-state index in [1.54, 1.807) is 13.8 Å². The van der Waals surface area contributed by atoms with Gasteiger partial charge in [0.15, 0.2) is 0 Å². The molecular formula is C18H28N2O3. The summed E-state index contributed by atoms with van der Waals surface area (Å²) in [5.74, 6) is 0.217. The second-order valence-electron chi connectivity index (χ2n) is 6.66. The number of rotatable bonds is 5. The van der Waals surface area contributed by atoms with E-state index in [4.69, 9.17) is 4.42 Å². The molecule has 23 heavy (non-hydrogen) atoms. The summed E-state index contributed by atoms with van der Waals surface area (Å²) in [7, 11) is 0. The Labute approximate surface area is 138 Å². The van der Waals surface area contributed by atoms with E-state index in [9.17, 15) is 9.59 Å². The molecule has 1 aliphatic heterocycles. The number of nitrogens with one attached hydrogen (secondary N) is 1. The van der Waals surface area contributed by atoms with Gasteiger partial charge in [-0.1, -0.05) is 6.42 Å². The van der Waals surface area contributed by atoms with Crippen LogP contribution in [0.4, 0.5) is 0 Å². The molecule has 1 amide bonds. The van der Waals surface area contributed by atoms with Gasteiger partial charge in [-0.25, -0.2) is 4.79 Å². The molecule has 0 saturated carbocycles. The van der Waals surface area contributed by atoms with Crippen LogP contribution < -0.4 is 10.9 Å². The zero-order valence-electron chi connectivity index (χ0n) is 14.6. The molecular weight excluding hydrogens is 292 g/mol. The van der Waals surface area contributed by atoms with Crippen molar-refractivity contribution in [1.29, 1.82) is 0 Å². The summed E-state index contributed by atoms with van der Waals surface area (Å²) >= 11 is 0. The lowest BCUT2D eigenvalue weighted by Gasteiger charge is -2.39. The van der Waals surface area contributed by atoms with Crippen LogP contribution in [0.5, 0.6) is 0 Å². The fraction of sp³-hybridized carbons (Fsp3) is 0.667. The molecule has 0 aromatic carbocycles. The van der Waals surface area contributed by atoms with Gasteiger partial charge in [0.2, 0.25) is 0 Å². The summed E-state index contributed by atoms with van der Waals surface area (Å²) in [4.78, 5) is 26.1. The van der Waals surface area contributed by atoms with Gasteiger partial charge in [0.05, 0.1) is 5.56 Å². The number of hydrogen-bond acceptors (Lipinski definition) is 4. The van der Waals surface area contributed by atoms with Crippen molar-refractivity contribution in [3.05, 3.63) is 33.4 Å². The highest BCUT2D eigenvalue weighted by molar-refractivity contribution is 5.96. The number of likely N-dealkylation sites (tertiary alicyclic amines) is 1. The molecule has 0 spiro atoms. The van der Waals surface area contributed by atoms with Gasteiger partial charge in [-0.15, -0.1) is 0 Å². The highest BCUT2D eigenvalue weighted by Gasteiger charge is 2.23. The molecule has 0 radical (unpaired) electrons. The van der Waals surface area contributed by atoms with Crippen molar-refractivity contribution in [3.8, 4) is 0 Å². The molecule has 5 heteroatoms. The van der Waals surface area contributed by atoms with Crippen molar-refractivity contribution in [1.82, 2.24) is 10.2 Å². The summed E-state index contributed by atoms with van der Waals surface area (Å²) in [5, 5.41) is 2.94. The Kier molecular flexibility index (Phi) is 5.99. The molecule has 1 saturated heterocycles. The van der Waals surface area contributed by atoms with Gasteiger partial charge in [-0.2, -0.15) is 0 Å². The van der Waals surface area contributed by atoms with E-state index >= 15 is 0 Å². The van der Waals surface area contributed by atoms with Crippen LogP contribution in [0.1, 0.15) is 61.2 Å². The van der Waals surface area contributed by atoms with Gasteiger partial charge in [-0.3, -0.25) is 9.69 Å². The molecule has 2 atom stereocenters. The van der Waals surface area contributed by atoms with Crippen LogP contribution in [0.15, 0.2) is 15.3 Å². The minimum Gasteiger partial charge on any atom is -0.427 e. The lowest BCUT2D eigenvalue weighted by molar-refractivity contribution is 0.0922. The highest BCUT2D eigenvalue weighted by atomic mass is 16.4. The van der Waals surface area contributed by atoms with Crippen molar-refractivity contribution in [2.24, 2.45) is 0 Å². The number of aryl methyl sites for hydroxylation is 2. The second-order valence-corrected chi connectivity index (χ2v) is 6.66. The van der Waals surface area contributed by atoms with Crippen molar-refractivity contribution in [2.75, 3.05) is 13.1 Å². The maximum absolute atomic E-state index is 12.3. The molecule has 1 fully saturated rings. The van der Waals surface area contributed by atoms with Crippen molar-refractivity contribution in [3.63, 3.8) is 0 Å².